The number of hydrogen-bond acceptors (Lipinski definition) is 4. The molecule has 3 atom stereocenters. The Labute approximate surface area is 146 Å². The lowest BCUT2D eigenvalue weighted by atomic mass is 9.65. The van der Waals surface area contributed by atoms with Gasteiger partial charge in [-0.2, -0.15) is 0 Å². The second-order valence-electron chi connectivity index (χ2n) is 7.21. The van der Waals surface area contributed by atoms with Crippen LogP contribution in [0.1, 0.15) is 41.5 Å². The SMILES string of the molecule is [B]C([B])(COC(C)(P)COC([B])(F)COC(C)C)OC(C)(C)C. The van der Waals surface area contributed by atoms with Crippen LogP contribution in [-0.4, -0.2) is 71.6 Å². The number of rotatable bonds is 10. The Morgan fingerprint density at radius 2 is 1.48 bits per heavy atom. The minimum absolute atomic E-state index is 0.111. The summed E-state index contributed by atoms with van der Waals surface area (Å²) in [4.78, 5) is 0. The van der Waals surface area contributed by atoms with Gasteiger partial charge in [-0.1, -0.05) is 0 Å². The molecule has 0 aromatic carbocycles. The van der Waals surface area contributed by atoms with Crippen molar-refractivity contribution in [2.45, 2.75) is 69.7 Å². The average molecular weight is 342 g/mol. The smallest absolute Gasteiger partial charge is 0.183 e. The first-order valence-corrected chi connectivity index (χ1v) is 8.05. The van der Waals surface area contributed by atoms with E-state index in [0.717, 1.165) is 0 Å². The van der Waals surface area contributed by atoms with Gasteiger partial charge in [0.05, 0.1) is 31.5 Å². The first kappa shape index (κ1) is 23.4. The minimum atomic E-state index is -2.41. The zero-order chi connectivity index (χ0) is 18.5. The Morgan fingerprint density at radius 1 is 0.957 bits per heavy atom. The summed E-state index contributed by atoms with van der Waals surface area (Å²) in [6, 6.07) is 0. The van der Waals surface area contributed by atoms with Gasteiger partial charge in [-0.25, -0.2) is 4.39 Å². The highest BCUT2D eigenvalue weighted by Gasteiger charge is 2.32. The van der Waals surface area contributed by atoms with Crippen LogP contribution in [0.15, 0.2) is 0 Å². The zero-order valence-electron chi connectivity index (χ0n) is 15.0. The fourth-order valence-corrected chi connectivity index (χ4v) is 1.67. The van der Waals surface area contributed by atoms with Crippen molar-refractivity contribution >= 4 is 32.8 Å². The Balaban J connectivity index is 4.38. The van der Waals surface area contributed by atoms with Crippen LogP contribution in [0.3, 0.4) is 0 Å². The molecule has 0 saturated carbocycles. The van der Waals surface area contributed by atoms with Gasteiger partial charge in [-0.3, -0.25) is 0 Å². The van der Waals surface area contributed by atoms with Crippen molar-refractivity contribution in [3.63, 3.8) is 0 Å². The summed E-state index contributed by atoms with van der Waals surface area (Å²) >= 11 is 0. The highest BCUT2D eigenvalue weighted by atomic mass is 31.0. The van der Waals surface area contributed by atoms with Crippen LogP contribution in [0, 0.1) is 0 Å². The Bertz CT molecular complexity index is 360. The molecule has 0 aromatic rings. The van der Waals surface area contributed by atoms with E-state index in [4.69, 9.17) is 42.5 Å². The zero-order valence-corrected chi connectivity index (χ0v) is 16.2. The van der Waals surface area contributed by atoms with Crippen molar-refractivity contribution in [1.29, 1.82) is 0 Å². The van der Waals surface area contributed by atoms with E-state index in [1.807, 2.05) is 20.8 Å². The molecule has 0 rings (SSSR count). The first-order valence-electron chi connectivity index (χ1n) is 7.48. The van der Waals surface area contributed by atoms with Gasteiger partial charge < -0.3 is 18.9 Å². The molecule has 6 radical (unpaired) electrons. The second-order valence-corrected chi connectivity index (χ2v) is 8.43. The van der Waals surface area contributed by atoms with E-state index >= 15 is 0 Å². The Morgan fingerprint density at radius 3 is 1.91 bits per heavy atom. The van der Waals surface area contributed by atoms with Crippen LogP contribution >= 0.6 is 9.24 Å². The van der Waals surface area contributed by atoms with Crippen molar-refractivity contribution in [1.82, 2.24) is 0 Å². The maximum absolute atomic E-state index is 14.0. The second kappa shape index (κ2) is 8.67. The molecule has 3 unspecified atom stereocenters. The molecule has 9 heteroatoms. The molecule has 0 aliphatic heterocycles. The van der Waals surface area contributed by atoms with Crippen molar-refractivity contribution in [2.24, 2.45) is 0 Å². The molecule has 0 spiro atoms. The number of alkyl halides is 1. The van der Waals surface area contributed by atoms with E-state index in [1.54, 1.807) is 20.8 Å². The van der Waals surface area contributed by atoms with E-state index in [9.17, 15) is 4.39 Å². The fraction of sp³-hybridized carbons (Fsp3) is 1.00. The lowest BCUT2D eigenvalue weighted by Gasteiger charge is -2.38. The van der Waals surface area contributed by atoms with Crippen molar-refractivity contribution in [3.05, 3.63) is 0 Å². The molecule has 0 aromatic heterocycles. The highest BCUT2D eigenvalue weighted by molar-refractivity contribution is 7.18. The van der Waals surface area contributed by atoms with Crippen LogP contribution in [0.2, 0.25) is 0 Å². The van der Waals surface area contributed by atoms with Crippen LogP contribution < -0.4 is 0 Å². The molecule has 128 valence electrons. The summed E-state index contributed by atoms with van der Waals surface area (Å²) in [6.45, 7) is 10.1. The molecule has 0 amide bonds. The lowest BCUT2D eigenvalue weighted by molar-refractivity contribution is -0.166. The van der Waals surface area contributed by atoms with Gasteiger partial charge in [0.25, 0.3) is 0 Å². The molecule has 0 fully saturated rings. The summed E-state index contributed by atoms with van der Waals surface area (Å²) < 4.78 is 35.2. The predicted molar refractivity (Wildman–Crippen MR) is 95.8 cm³/mol. The van der Waals surface area contributed by atoms with Gasteiger partial charge in [0.2, 0.25) is 0 Å². The van der Waals surface area contributed by atoms with Crippen LogP contribution in [-0.2, 0) is 18.9 Å². The standard InChI is InChI=1S/C14H27B3FO4P/c1-10(2)19-9-14(17,18)21-7-12(6,23)20-8-13(15,16)22-11(3,4)5/h10H,7-9,23H2,1-6H3. The van der Waals surface area contributed by atoms with E-state index in [1.165, 1.54) is 0 Å². The van der Waals surface area contributed by atoms with Crippen LogP contribution in [0.4, 0.5) is 4.39 Å². The molecule has 0 aliphatic carbocycles. The molecule has 0 saturated heterocycles. The third-order valence-corrected chi connectivity index (χ3v) is 2.67. The maximum atomic E-state index is 14.0. The Kier molecular flexibility index (Phi) is 8.81. The first-order chi connectivity index (χ1) is 10.0. The average Bonchev–Trinajstić information content (AvgIpc) is 2.30. The van der Waals surface area contributed by atoms with E-state index in [0.29, 0.717) is 0 Å². The monoisotopic (exact) mass is 342 g/mol. The van der Waals surface area contributed by atoms with Gasteiger partial charge >= 0.3 is 0 Å². The van der Waals surface area contributed by atoms with Crippen molar-refractivity contribution in [2.75, 3.05) is 19.8 Å². The van der Waals surface area contributed by atoms with Gasteiger partial charge in [0.15, 0.2) is 13.6 Å². The van der Waals surface area contributed by atoms with Crippen molar-refractivity contribution < 1.29 is 23.3 Å². The number of ether oxygens (including phenoxy) is 4. The molecular weight excluding hydrogens is 315 g/mol. The Hall–Kier alpha value is 0.395. The molecule has 23 heavy (non-hydrogen) atoms. The van der Waals surface area contributed by atoms with Gasteiger partial charge in [-0.15, -0.1) is 9.24 Å². The summed E-state index contributed by atoms with van der Waals surface area (Å²) in [5.41, 5.74) is -0.528. The quantitative estimate of drug-likeness (QED) is 0.447. The van der Waals surface area contributed by atoms with Gasteiger partial charge in [-0.05, 0) is 41.5 Å². The van der Waals surface area contributed by atoms with E-state index < -0.39 is 22.1 Å². The summed E-state index contributed by atoms with van der Waals surface area (Å²) in [6.07, 6.45) is -0.152. The third-order valence-electron chi connectivity index (χ3n) is 2.34. The number of hydrogen-bond donors (Lipinski definition) is 0. The fourth-order valence-electron chi connectivity index (χ4n) is 1.50. The molecule has 0 N–H and O–H groups in total. The summed E-state index contributed by atoms with van der Waals surface area (Å²) in [7, 11) is 19.5. The maximum Gasteiger partial charge on any atom is 0.183 e. The highest BCUT2D eigenvalue weighted by Crippen LogP contribution is 2.25. The number of halogens is 1. The largest absolute Gasteiger partial charge is 0.386 e. The van der Waals surface area contributed by atoms with E-state index in [-0.39, 0.29) is 25.9 Å². The normalized spacial score (nSPS) is 18.7. The van der Waals surface area contributed by atoms with Gasteiger partial charge in [0.1, 0.15) is 21.0 Å². The lowest BCUT2D eigenvalue weighted by Crippen LogP contribution is -2.48. The summed E-state index contributed by atoms with van der Waals surface area (Å²) in [5, 5.41) is -2.42. The topological polar surface area (TPSA) is 36.9 Å². The molecule has 0 heterocycles. The van der Waals surface area contributed by atoms with E-state index in [2.05, 4.69) is 9.24 Å². The molecule has 0 aliphatic rings. The summed E-state index contributed by atoms with van der Waals surface area (Å²) in [5.74, 6) is -2.41. The third kappa shape index (κ3) is 13.4. The molecule has 0 bridgehead atoms. The van der Waals surface area contributed by atoms with Crippen LogP contribution in [0.5, 0.6) is 0 Å². The predicted octanol–water partition coefficient (Wildman–Crippen LogP) is 1.63. The van der Waals surface area contributed by atoms with Gasteiger partial charge in [0, 0.05) is 5.40 Å². The molecular formula is C14H27B3FO4P. The molecule has 4 nitrogen and oxygen atoms in total. The minimum Gasteiger partial charge on any atom is -0.386 e. The van der Waals surface area contributed by atoms with Crippen LogP contribution in [0.25, 0.3) is 0 Å². The van der Waals surface area contributed by atoms with Crippen molar-refractivity contribution in [3.8, 4) is 0 Å².